The maximum absolute atomic E-state index is 11.8. The minimum atomic E-state index is -1.13. The third kappa shape index (κ3) is 4.30. The van der Waals surface area contributed by atoms with Crippen molar-refractivity contribution in [1.82, 2.24) is 24.8 Å². The van der Waals surface area contributed by atoms with Crippen LogP contribution in [0, 0.1) is 0 Å². The summed E-state index contributed by atoms with van der Waals surface area (Å²) in [4.78, 5) is 28.7. The molecular weight excluding hydrogens is 450 g/mol. The Hall–Kier alpha value is -3.28. The number of morpholine rings is 1. The van der Waals surface area contributed by atoms with Crippen LogP contribution in [0.25, 0.3) is 22.6 Å². The number of hydrogen-bond donors (Lipinski definition) is 3. The monoisotopic (exact) mass is 481 g/mol. The van der Waals surface area contributed by atoms with Gasteiger partial charge >= 0.3 is 6.03 Å². The zero-order chi connectivity index (χ0) is 24.6. The number of aromatic nitrogens is 4. The van der Waals surface area contributed by atoms with Crippen LogP contribution in [0.5, 0.6) is 0 Å². The number of urea groups is 1. The predicted molar refractivity (Wildman–Crippen MR) is 131 cm³/mol. The number of nitrogens with zero attached hydrogens (tertiary/aromatic N) is 5. The molecule has 2 fully saturated rings. The number of benzene rings is 1. The molecule has 0 spiro atoms. The molecule has 2 aliphatic heterocycles. The number of fused-ring (bicyclic) bond motifs is 1. The van der Waals surface area contributed by atoms with Crippen LogP contribution in [0.2, 0.25) is 0 Å². The van der Waals surface area contributed by atoms with Crippen LogP contribution in [0.15, 0.2) is 24.3 Å². The fraction of sp³-hybridized carbons (Fsp3) is 0.500. The van der Waals surface area contributed by atoms with Crippen LogP contribution in [-0.4, -0.2) is 76.2 Å². The molecule has 2 aromatic heterocycles. The number of anilines is 2. The Kier molecular flexibility index (Phi) is 6.30. The largest absolute Gasteiger partial charge is 0.377 e. The normalized spacial score (nSPS) is 19.4. The second-order valence-corrected chi connectivity index (χ2v) is 8.93. The number of amides is 2. The number of aliphatic hydroxyl groups is 1. The van der Waals surface area contributed by atoms with Gasteiger partial charge in [-0.05, 0) is 45.0 Å². The molecule has 11 nitrogen and oxygen atoms in total. The lowest BCUT2D eigenvalue weighted by Gasteiger charge is -2.35. The first-order chi connectivity index (χ1) is 16.9. The van der Waals surface area contributed by atoms with Crippen LogP contribution in [0.4, 0.5) is 16.3 Å². The van der Waals surface area contributed by atoms with E-state index in [1.807, 2.05) is 42.7 Å². The standard InChI is InChI=1S/C24H31N7O4/c1-4-25-23(32)26-17-8-6-16(7-9-17)19-28-20-18(21(29-19)31-10-11-34-12-15(31)3)27-22(30(20)5-2)24(33)13-35-14-24/h6-9,15,33H,4-5,10-14H2,1-3H3,(H2,25,26,32)/t15-/m0/s1. The lowest BCUT2D eigenvalue weighted by atomic mass is 10.0. The van der Waals surface area contributed by atoms with E-state index in [-0.39, 0.29) is 25.3 Å². The van der Waals surface area contributed by atoms with E-state index >= 15 is 0 Å². The van der Waals surface area contributed by atoms with Gasteiger partial charge in [0.1, 0.15) is 5.82 Å². The lowest BCUT2D eigenvalue weighted by Crippen LogP contribution is -2.48. The smallest absolute Gasteiger partial charge is 0.319 e. The maximum atomic E-state index is 11.8. The average molecular weight is 482 g/mol. The Morgan fingerprint density at radius 1 is 1.17 bits per heavy atom. The van der Waals surface area contributed by atoms with Gasteiger partial charge in [-0.15, -0.1) is 0 Å². The van der Waals surface area contributed by atoms with Gasteiger partial charge in [0.25, 0.3) is 0 Å². The van der Waals surface area contributed by atoms with E-state index in [0.29, 0.717) is 61.3 Å². The number of ether oxygens (including phenoxy) is 2. The highest BCUT2D eigenvalue weighted by molar-refractivity contribution is 5.90. The molecule has 0 saturated carbocycles. The third-order valence-corrected chi connectivity index (χ3v) is 6.37. The Labute approximate surface area is 203 Å². The molecular formula is C24H31N7O4. The Morgan fingerprint density at radius 3 is 2.57 bits per heavy atom. The van der Waals surface area contributed by atoms with E-state index in [1.165, 1.54) is 0 Å². The molecule has 35 heavy (non-hydrogen) atoms. The molecule has 186 valence electrons. The molecule has 1 atom stereocenters. The summed E-state index contributed by atoms with van der Waals surface area (Å²) in [6, 6.07) is 7.28. The van der Waals surface area contributed by atoms with Crippen LogP contribution in [0.1, 0.15) is 26.6 Å². The van der Waals surface area contributed by atoms with E-state index in [1.54, 1.807) is 0 Å². The molecule has 1 aromatic carbocycles. The molecule has 3 aromatic rings. The van der Waals surface area contributed by atoms with Gasteiger partial charge in [-0.25, -0.2) is 19.7 Å². The first kappa shape index (κ1) is 23.5. The van der Waals surface area contributed by atoms with Gasteiger partial charge in [-0.1, -0.05) is 0 Å². The van der Waals surface area contributed by atoms with Gasteiger partial charge in [-0.3, -0.25) is 0 Å². The summed E-state index contributed by atoms with van der Waals surface area (Å²) in [5, 5.41) is 16.6. The van der Waals surface area contributed by atoms with E-state index < -0.39 is 5.60 Å². The molecule has 0 aliphatic carbocycles. The van der Waals surface area contributed by atoms with Crippen molar-refractivity contribution < 1.29 is 19.4 Å². The molecule has 2 saturated heterocycles. The summed E-state index contributed by atoms with van der Waals surface area (Å²) in [7, 11) is 0. The summed E-state index contributed by atoms with van der Waals surface area (Å²) >= 11 is 0. The molecule has 0 radical (unpaired) electrons. The topological polar surface area (TPSA) is 127 Å². The number of aryl methyl sites for hydroxylation is 1. The second-order valence-electron chi connectivity index (χ2n) is 8.93. The molecule has 5 rings (SSSR count). The van der Waals surface area contributed by atoms with Crippen LogP contribution >= 0.6 is 0 Å². The van der Waals surface area contributed by atoms with Crippen molar-refractivity contribution >= 4 is 28.7 Å². The number of nitrogens with one attached hydrogen (secondary N) is 2. The SMILES string of the molecule is CCNC(=O)Nc1ccc(-c2nc(N3CCOC[C@@H]3C)c3nc(C4(O)COC4)n(CC)c3n2)cc1. The number of carbonyl (C=O) groups is 1. The molecule has 3 N–H and O–H groups in total. The average Bonchev–Trinajstić information content (AvgIpc) is 3.22. The van der Waals surface area contributed by atoms with E-state index in [2.05, 4.69) is 22.5 Å². The second kappa shape index (κ2) is 9.40. The minimum absolute atomic E-state index is 0.115. The van der Waals surface area contributed by atoms with Crippen LogP contribution in [-0.2, 0) is 21.6 Å². The highest BCUT2D eigenvalue weighted by Gasteiger charge is 2.43. The Bertz CT molecular complexity index is 1220. The van der Waals surface area contributed by atoms with Gasteiger partial charge in [0.05, 0.1) is 32.5 Å². The lowest BCUT2D eigenvalue weighted by molar-refractivity contribution is -0.190. The molecule has 11 heteroatoms. The summed E-state index contributed by atoms with van der Waals surface area (Å²) < 4.78 is 12.9. The molecule has 0 unspecified atom stereocenters. The zero-order valence-corrected chi connectivity index (χ0v) is 20.2. The van der Waals surface area contributed by atoms with E-state index in [0.717, 1.165) is 11.4 Å². The quantitative estimate of drug-likeness (QED) is 0.489. The highest BCUT2D eigenvalue weighted by atomic mass is 16.5. The highest BCUT2D eigenvalue weighted by Crippen LogP contribution is 2.35. The predicted octanol–water partition coefficient (Wildman–Crippen LogP) is 2.10. The van der Waals surface area contributed by atoms with Crippen LogP contribution in [0.3, 0.4) is 0 Å². The summed E-state index contributed by atoms with van der Waals surface area (Å²) in [5.41, 5.74) is 1.69. The van der Waals surface area contributed by atoms with Gasteiger partial charge in [0.15, 0.2) is 28.4 Å². The molecule has 2 aliphatic rings. The Morgan fingerprint density at radius 2 is 1.94 bits per heavy atom. The minimum Gasteiger partial charge on any atom is -0.377 e. The van der Waals surface area contributed by atoms with Gasteiger partial charge in [-0.2, -0.15) is 0 Å². The first-order valence-corrected chi connectivity index (χ1v) is 12.0. The van der Waals surface area contributed by atoms with Crippen molar-refractivity contribution in [2.24, 2.45) is 0 Å². The van der Waals surface area contributed by atoms with Crippen molar-refractivity contribution in [3.63, 3.8) is 0 Å². The Balaban J connectivity index is 1.61. The summed E-state index contributed by atoms with van der Waals surface area (Å²) in [6.45, 7) is 9.42. The molecule has 0 bridgehead atoms. The van der Waals surface area contributed by atoms with Crippen molar-refractivity contribution in [3.8, 4) is 11.4 Å². The van der Waals surface area contributed by atoms with Gasteiger partial charge < -0.3 is 34.7 Å². The van der Waals surface area contributed by atoms with Gasteiger partial charge in [0.2, 0.25) is 0 Å². The van der Waals surface area contributed by atoms with E-state index in [9.17, 15) is 9.90 Å². The zero-order valence-electron chi connectivity index (χ0n) is 20.2. The van der Waals surface area contributed by atoms with Crippen molar-refractivity contribution in [1.29, 1.82) is 0 Å². The number of hydrogen-bond acceptors (Lipinski definition) is 8. The number of imidazole rings is 1. The van der Waals surface area contributed by atoms with Gasteiger partial charge in [0, 0.05) is 30.9 Å². The van der Waals surface area contributed by atoms with E-state index in [4.69, 9.17) is 24.4 Å². The number of rotatable bonds is 6. The summed E-state index contributed by atoms with van der Waals surface area (Å²) in [6.07, 6.45) is 0. The maximum Gasteiger partial charge on any atom is 0.319 e. The van der Waals surface area contributed by atoms with Crippen LogP contribution < -0.4 is 15.5 Å². The third-order valence-electron chi connectivity index (χ3n) is 6.37. The first-order valence-electron chi connectivity index (χ1n) is 12.0. The van der Waals surface area contributed by atoms with Crippen molar-refractivity contribution in [2.45, 2.75) is 39.0 Å². The van der Waals surface area contributed by atoms with Crippen molar-refractivity contribution in [3.05, 3.63) is 30.1 Å². The summed E-state index contributed by atoms with van der Waals surface area (Å²) in [5.74, 6) is 1.83. The fourth-order valence-corrected chi connectivity index (χ4v) is 4.48. The molecule has 4 heterocycles. The van der Waals surface area contributed by atoms with Crippen molar-refractivity contribution in [2.75, 3.05) is 49.7 Å². The number of carbonyl (C=O) groups excluding carboxylic acids is 1. The molecule has 2 amide bonds. The fourth-order valence-electron chi connectivity index (χ4n) is 4.48.